The molecule has 0 aliphatic rings. The molecular weight excluding hydrogens is 1330 g/mol. The number of phosphoric ester groups is 2. The van der Waals surface area contributed by atoms with Crippen LogP contribution < -0.4 is 0 Å². The summed E-state index contributed by atoms with van der Waals surface area (Å²) < 4.78 is 68.8. The molecule has 0 aromatic rings. The Morgan fingerprint density at radius 2 is 0.471 bits per heavy atom. The molecule has 0 fully saturated rings. The molecule has 0 aromatic heterocycles. The van der Waals surface area contributed by atoms with Crippen LogP contribution in [0.25, 0.3) is 0 Å². The molecular formula is C83H162O17P2. The molecule has 3 unspecified atom stereocenters. The molecule has 19 heteroatoms. The van der Waals surface area contributed by atoms with Gasteiger partial charge in [0.1, 0.15) is 19.3 Å². The SMILES string of the molecule is CCCCCCCCCCCCCCCCCCCCCCCC(=O)O[C@H](COC(=O)CCCCCCCCCCCCC(C)CC)COP(=O)(O)OC[C@@H](O)COP(=O)(O)OC[C@@H](COC(=O)CCCCCCCCCCCCCCC)OC(=O)CCCCCCCCCCCCCCCC. The molecule has 0 bridgehead atoms. The first-order valence-electron chi connectivity index (χ1n) is 43.2. The van der Waals surface area contributed by atoms with Crippen LogP contribution in [0.3, 0.4) is 0 Å². The van der Waals surface area contributed by atoms with E-state index in [1.165, 1.54) is 270 Å². The van der Waals surface area contributed by atoms with Gasteiger partial charge < -0.3 is 33.8 Å². The van der Waals surface area contributed by atoms with Crippen molar-refractivity contribution in [3.05, 3.63) is 0 Å². The molecule has 0 aromatic carbocycles. The van der Waals surface area contributed by atoms with Gasteiger partial charge >= 0.3 is 39.5 Å². The van der Waals surface area contributed by atoms with Crippen molar-refractivity contribution in [3.63, 3.8) is 0 Å². The standard InChI is InChI=1S/C83H162O17P2/c1-6-10-13-16-19-22-25-28-30-31-32-33-34-35-36-39-42-49-54-59-64-69-83(88)100-79(73-94-81(86)67-62-57-52-47-44-43-45-50-55-60-65-76(5)9-4)75-98-102(91,92)96-71-77(84)70-95-101(89,90)97-74-78(72-93-80(85)66-61-56-51-46-40-37-27-24-21-18-15-12-8-3)99-82(87)68-63-58-53-48-41-38-29-26-23-20-17-14-11-7-2/h76-79,84H,6-75H2,1-5H3,(H,89,90)(H,91,92)/t76?,77-,78+,79+/m0/s1. The number of ether oxygens (including phenoxy) is 4. The van der Waals surface area contributed by atoms with Crippen molar-refractivity contribution in [2.75, 3.05) is 39.6 Å². The average molecular weight is 1490 g/mol. The van der Waals surface area contributed by atoms with Crippen LogP contribution in [0.1, 0.15) is 446 Å². The second kappa shape index (κ2) is 75.9. The largest absolute Gasteiger partial charge is 0.472 e. The van der Waals surface area contributed by atoms with Gasteiger partial charge in [-0.2, -0.15) is 0 Å². The Morgan fingerprint density at radius 1 is 0.275 bits per heavy atom. The van der Waals surface area contributed by atoms with Crippen molar-refractivity contribution < 1.29 is 80.2 Å². The predicted octanol–water partition coefficient (Wildman–Crippen LogP) is 25.2. The summed E-state index contributed by atoms with van der Waals surface area (Å²) in [5.41, 5.74) is 0. The van der Waals surface area contributed by atoms with Crippen molar-refractivity contribution in [2.45, 2.75) is 464 Å². The number of phosphoric acid groups is 2. The minimum Gasteiger partial charge on any atom is -0.462 e. The van der Waals surface area contributed by atoms with Gasteiger partial charge in [0.2, 0.25) is 0 Å². The zero-order valence-electron chi connectivity index (χ0n) is 66.8. The van der Waals surface area contributed by atoms with E-state index in [0.717, 1.165) is 95.8 Å². The Bertz CT molecular complexity index is 1950. The molecule has 102 heavy (non-hydrogen) atoms. The zero-order valence-corrected chi connectivity index (χ0v) is 68.5. The quantitative estimate of drug-likeness (QED) is 0.0222. The van der Waals surface area contributed by atoms with E-state index in [2.05, 4.69) is 34.6 Å². The molecule has 0 spiro atoms. The van der Waals surface area contributed by atoms with Crippen LogP contribution in [-0.2, 0) is 65.4 Å². The molecule has 3 N–H and O–H groups in total. The van der Waals surface area contributed by atoms with Gasteiger partial charge in [0, 0.05) is 25.7 Å². The lowest BCUT2D eigenvalue weighted by Crippen LogP contribution is -2.30. The van der Waals surface area contributed by atoms with E-state index in [1.807, 2.05) is 0 Å². The van der Waals surface area contributed by atoms with E-state index in [0.29, 0.717) is 25.7 Å². The molecule has 6 atom stereocenters. The summed E-state index contributed by atoms with van der Waals surface area (Å²) in [6, 6.07) is 0. The predicted molar refractivity (Wildman–Crippen MR) is 418 cm³/mol. The fourth-order valence-electron chi connectivity index (χ4n) is 12.9. The van der Waals surface area contributed by atoms with Gasteiger partial charge in [0.05, 0.1) is 26.4 Å². The number of hydrogen-bond acceptors (Lipinski definition) is 15. The maximum absolute atomic E-state index is 13.1. The van der Waals surface area contributed by atoms with Gasteiger partial charge in [-0.15, -0.1) is 0 Å². The highest BCUT2D eigenvalue weighted by molar-refractivity contribution is 7.47. The van der Waals surface area contributed by atoms with Crippen molar-refractivity contribution >= 4 is 39.5 Å². The maximum atomic E-state index is 13.1. The van der Waals surface area contributed by atoms with Gasteiger partial charge in [-0.25, -0.2) is 9.13 Å². The number of esters is 4. The lowest BCUT2D eigenvalue weighted by Gasteiger charge is -2.21. The summed E-state index contributed by atoms with van der Waals surface area (Å²) in [4.78, 5) is 73.1. The van der Waals surface area contributed by atoms with Crippen LogP contribution in [-0.4, -0.2) is 96.7 Å². The van der Waals surface area contributed by atoms with E-state index in [4.69, 9.17) is 37.0 Å². The molecule has 17 nitrogen and oxygen atoms in total. The Balaban J connectivity index is 5.24. The van der Waals surface area contributed by atoms with Crippen LogP contribution >= 0.6 is 15.6 Å². The summed E-state index contributed by atoms with van der Waals surface area (Å²) >= 11 is 0. The highest BCUT2D eigenvalue weighted by Crippen LogP contribution is 2.45. The summed E-state index contributed by atoms with van der Waals surface area (Å²) in [6.07, 6.45) is 67.8. The van der Waals surface area contributed by atoms with Crippen LogP contribution in [0.5, 0.6) is 0 Å². The highest BCUT2D eigenvalue weighted by Gasteiger charge is 2.30. The highest BCUT2D eigenvalue weighted by atomic mass is 31.2. The Kier molecular flexibility index (Phi) is 74.4. The minimum atomic E-state index is -4.96. The van der Waals surface area contributed by atoms with Crippen LogP contribution in [0.4, 0.5) is 0 Å². The second-order valence-electron chi connectivity index (χ2n) is 30.1. The fraction of sp³-hybridized carbons (Fsp3) is 0.952. The van der Waals surface area contributed by atoms with Gasteiger partial charge in [-0.05, 0) is 31.6 Å². The van der Waals surface area contributed by atoms with Crippen LogP contribution in [0, 0.1) is 5.92 Å². The normalized spacial score (nSPS) is 14.1. The van der Waals surface area contributed by atoms with E-state index in [1.54, 1.807) is 0 Å². The van der Waals surface area contributed by atoms with Crippen LogP contribution in [0.15, 0.2) is 0 Å². The maximum Gasteiger partial charge on any atom is 0.472 e. The summed E-state index contributed by atoms with van der Waals surface area (Å²) in [6.45, 7) is 7.38. The van der Waals surface area contributed by atoms with E-state index < -0.39 is 97.5 Å². The third-order valence-corrected chi connectivity index (χ3v) is 21.8. The molecule has 0 rings (SSSR count). The van der Waals surface area contributed by atoms with E-state index in [9.17, 15) is 43.2 Å². The van der Waals surface area contributed by atoms with Crippen molar-refractivity contribution in [3.8, 4) is 0 Å². The molecule has 606 valence electrons. The third kappa shape index (κ3) is 74.9. The van der Waals surface area contributed by atoms with E-state index >= 15 is 0 Å². The average Bonchev–Trinajstić information content (AvgIpc) is 0.961. The van der Waals surface area contributed by atoms with Crippen LogP contribution in [0.2, 0.25) is 0 Å². The van der Waals surface area contributed by atoms with Gasteiger partial charge in [-0.1, -0.05) is 394 Å². The van der Waals surface area contributed by atoms with Crippen molar-refractivity contribution in [1.82, 2.24) is 0 Å². The van der Waals surface area contributed by atoms with Gasteiger partial charge in [0.15, 0.2) is 12.2 Å². The number of hydrogen-bond donors (Lipinski definition) is 3. The molecule has 0 heterocycles. The molecule has 0 amide bonds. The first kappa shape index (κ1) is 100. The van der Waals surface area contributed by atoms with Crippen molar-refractivity contribution in [1.29, 1.82) is 0 Å². The summed E-state index contributed by atoms with van der Waals surface area (Å²) in [7, 11) is -9.92. The second-order valence-corrected chi connectivity index (χ2v) is 33.0. The number of unbranched alkanes of at least 4 members (excludes halogenated alkanes) is 54. The molecule has 0 saturated heterocycles. The first-order valence-corrected chi connectivity index (χ1v) is 46.2. The molecule has 0 saturated carbocycles. The first-order chi connectivity index (χ1) is 49.6. The molecule has 0 radical (unpaired) electrons. The Morgan fingerprint density at radius 3 is 0.696 bits per heavy atom. The van der Waals surface area contributed by atoms with E-state index in [-0.39, 0.29) is 25.7 Å². The minimum absolute atomic E-state index is 0.109. The Hall–Kier alpha value is -1.94. The third-order valence-electron chi connectivity index (χ3n) is 19.9. The van der Waals surface area contributed by atoms with Gasteiger partial charge in [-0.3, -0.25) is 37.3 Å². The number of rotatable bonds is 83. The monoisotopic (exact) mass is 1490 g/mol. The van der Waals surface area contributed by atoms with Gasteiger partial charge in [0.25, 0.3) is 0 Å². The molecule has 0 aliphatic carbocycles. The fourth-order valence-corrected chi connectivity index (χ4v) is 14.5. The lowest BCUT2D eigenvalue weighted by atomic mass is 9.99. The number of aliphatic hydroxyl groups is 1. The summed E-state index contributed by atoms with van der Waals surface area (Å²) in [5, 5.41) is 10.7. The number of carbonyl (C=O) groups is 4. The number of carbonyl (C=O) groups excluding carboxylic acids is 4. The Labute approximate surface area is 626 Å². The lowest BCUT2D eigenvalue weighted by molar-refractivity contribution is -0.161. The topological polar surface area (TPSA) is 237 Å². The number of aliphatic hydroxyl groups excluding tert-OH is 1. The zero-order chi connectivity index (χ0) is 74.8. The molecule has 0 aliphatic heterocycles. The smallest absolute Gasteiger partial charge is 0.462 e. The summed E-state index contributed by atoms with van der Waals surface area (Å²) in [5.74, 6) is -1.29. The van der Waals surface area contributed by atoms with Crippen molar-refractivity contribution in [2.24, 2.45) is 5.92 Å².